The third kappa shape index (κ3) is 1.56. The van der Waals surface area contributed by atoms with E-state index in [4.69, 9.17) is 10.8 Å². The van der Waals surface area contributed by atoms with Gasteiger partial charge in [0.2, 0.25) is 0 Å². The van der Waals surface area contributed by atoms with Crippen molar-refractivity contribution in [3.63, 3.8) is 0 Å². The van der Waals surface area contributed by atoms with Crippen LogP contribution in [-0.2, 0) is 6.61 Å². The van der Waals surface area contributed by atoms with Gasteiger partial charge in [0.1, 0.15) is 0 Å². The Morgan fingerprint density at radius 3 is 2.80 bits per heavy atom. The predicted octanol–water partition coefficient (Wildman–Crippen LogP) is 1.26. The summed E-state index contributed by atoms with van der Waals surface area (Å²) in [6, 6.07) is 2.02. The number of thiophene rings is 1. The summed E-state index contributed by atoms with van der Waals surface area (Å²) < 4.78 is 0. The van der Waals surface area contributed by atoms with Crippen LogP contribution in [0.1, 0.15) is 23.4 Å². The molecule has 0 saturated carbocycles. The number of nitrogens with two attached hydrogens (primary N) is 1. The Kier molecular flexibility index (Phi) is 2.43. The van der Waals surface area contributed by atoms with Crippen molar-refractivity contribution in [1.29, 1.82) is 0 Å². The van der Waals surface area contributed by atoms with Crippen LogP contribution in [0.5, 0.6) is 0 Å². The van der Waals surface area contributed by atoms with Crippen molar-refractivity contribution in [3.8, 4) is 0 Å². The third-order valence-electron chi connectivity index (χ3n) is 1.36. The van der Waals surface area contributed by atoms with Gasteiger partial charge in [-0.2, -0.15) is 0 Å². The Bertz CT molecular complexity index is 207. The van der Waals surface area contributed by atoms with Crippen LogP contribution in [0.2, 0.25) is 0 Å². The van der Waals surface area contributed by atoms with Crippen LogP contribution < -0.4 is 5.73 Å². The van der Waals surface area contributed by atoms with E-state index in [9.17, 15) is 0 Å². The van der Waals surface area contributed by atoms with Crippen LogP contribution >= 0.6 is 11.3 Å². The monoisotopic (exact) mass is 157 g/mol. The molecule has 0 bridgehead atoms. The van der Waals surface area contributed by atoms with Gasteiger partial charge < -0.3 is 10.8 Å². The molecule has 0 spiro atoms. The van der Waals surface area contributed by atoms with E-state index in [0.29, 0.717) is 0 Å². The molecule has 0 radical (unpaired) electrons. The number of aliphatic hydroxyl groups excluding tert-OH is 1. The van der Waals surface area contributed by atoms with Gasteiger partial charge in [0.15, 0.2) is 0 Å². The summed E-state index contributed by atoms with van der Waals surface area (Å²) in [5, 5.41) is 10.7. The normalized spacial score (nSPS) is 13.5. The Labute approximate surface area is 64.3 Å². The van der Waals surface area contributed by atoms with Gasteiger partial charge in [0.05, 0.1) is 6.61 Å². The summed E-state index contributed by atoms with van der Waals surface area (Å²) in [5.74, 6) is 0. The van der Waals surface area contributed by atoms with Crippen LogP contribution in [0.15, 0.2) is 11.4 Å². The van der Waals surface area contributed by atoms with E-state index in [1.54, 1.807) is 11.3 Å². The van der Waals surface area contributed by atoms with Gasteiger partial charge in [-0.3, -0.25) is 0 Å². The molecule has 0 aromatic carbocycles. The van der Waals surface area contributed by atoms with Crippen molar-refractivity contribution < 1.29 is 5.11 Å². The molecule has 0 aliphatic heterocycles. The highest BCUT2D eigenvalue weighted by Gasteiger charge is 2.01. The maximum atomic E-state index is 8.70. The molecule has 1 aromatic heterocycles. The highest BCUT2D eigenvalue weighted by Crippen LogP contribution is 2.18. The number of hydrogen-bond acceptors (Lipinski definition) is 3. The molecule has 56 valence electrons. The molecule has 3 heteroatoms. The summed E-state index contributed by atoms with van der Waals surface area (Å²) in [6.07, 6.45) is 0. The molecule has 1 unspecified atom stereocenters. The van der Waals surface area contributed by atoms with Crippen molar-refractivity contribution >= 4 is 11.3 Å². The first kappa shape index (κ1) is 7.72. The average Bonchev–Trinajstić information content (AvgIpc) is 2.34. The Balaban J connectivity index is 2.78. The fraction of sp³-hybridized carbons (Fsp3) is 0.429. The van der Waals surface area contributed by atoms with Gasteiger partial charge in [0.25, 0.3) is 0 Å². The lowest BCUT2D eigenvalue weighted by molar-refractivity contribution is 0.285. The molecule has 1 heterocycles. The molecule has 0 aliphatic rings. The fourth-order valence-electron chi connectivity index (χ4n) is 0.719. The second-order valence-corrected chi connectivity index (χ2v) is 3.29. The van der Waals surface area contributed by atoms with E-state index in [1.165, 1.54) is 0 Å². The summed E-state index contributed by atoms with van der Waals surface area (Å²) in [4.78, 5) is 0.979. The van der Waals surface area contributed by atoms with Gasteiger partial charge in [-0.25, -0.2) is 0 Å². The Morgan fingerprint density at radius 2 is 2.50 bits per heavy atom. The number of rotatable bonds is 2. The number of hydrogen-bond donors (Lipinski definition) is 2. The molecular formula is C7H11NOS. The average molecular weight is 157 g/mol. The van der Waals surface area contributed by atoms with E-state index in [-0.39, 0.29) is 12.6 Å². The highest BCUT2D eigenvalue weighted by atomic mass is 32.1. The molecule has 1 rings (SSSR count). The Hall–Kier alpha value is -0.380. The van der Waals surface area contributed by atoms with Gasteiger partial charge in [0, 0.05) is 10.9 Å². The van der Waals surface area contributed by atoms with E-state index >= 15 is 0 Å². The topological polar surface area (TPSA) is 46.2 Å². The van der Waals surface area contributed by atoms with Crippen LogP contribution in [-0.4, -0.2) is 5.11 Å². The first-order valence-corrected chi connectivity index (χ1v) is 4.05. The van der Waals surface area contributed by atoms with E-state index < -0.39 is 0 Å². The zero-order valence-electron chi connectivity index (χ0n) is 5.87. The molecule has 0 amide bonds. The van der Waals surface area contributed by atoms with Gasteiger partial charge in [-0.1, -0.05) is 0 Å². The molecule has 0 saturated heterocycles. The zero-order valence-corrected chi connectivity index (χ0v) is 6.69. The molecular weight excluding hydrogens is 146 g/mol. The minimum absolute atomic E-state index is 0.0801. The fourth-order valence-corrected chi connectivity index (χ4v) is 1.57. The van der Waals surface area contributed by atoms with E-state index in [0.717, 1.165) is 10.4 Å². The second kappa shape index (κ2) is 3.14. The zero-order chi connectivity index (χ0) is 7.56. The molecule has 0 fully saturated rings. The Morgan fingerprint density at radius 1 is 1.80 bits per heavy atom. The standard InChI is InChI=1S/C7H11NOS/c1-5(8)6-2-7(3-9)10-4-6/h2,4-5,9H,3,8H2,1H3. The largest absolute Gasteiger partial charge is 0.391 e. The summed E-state index contributed by atoms with van der Waals surface area (Å²) in [7, 11) is 0. The third-order valence-corrected chi connectivity index (χ3v) is 2.30. The maximum absolute atomic E-state index is 8.70. The van der Waals surface area contributed by atoms with Crippen molar-refractivity contribution in [2.45, 2.75) is 19.6 Å². The predicted molar refractivity (Wildman–Crippen MR) is 42.8 cm³/mol. The van der Waals surface area contributed by atoms with Crippen molar-refractivity contribution in [3.05, 3.63) is 21.9 Å². The molecule has 1 aromatic rings. The SMILES string of the molecule is CC(N)c1csc(CO)c1. The van der Waals surface area contributed by atoms with Crippen LogP contribution in [0.4, 0.5) is 0 Å². The van der Waals surface area contributed by atoms with E-state index in [1.807, 2.05) is 18.4 Å². The van der Waals surface area contributed by atoms with E-state index in [2.05, 4.69) is 0 Å². The lowest BCUT2D eigenvalue weighted by atomic mass is 10.2. The quantitative estimate of drug-likeness (QED) is 0.679. The van der Waals surface area contributed by atoms with Gasteiger partial charge >= 0.3 is 0 Å². The van der Waals surface area contributed by atoms with Crippen LogP contribution in [0, 0.1) is 0 Å². The van der Waals surface area contributed by atoms with Crippen molar-refractivity contribution in [1.82, 2.24) is 0 Å². The molecule has 0 aliphatic carbocycles. The van der Waals surface area contributed by atoms with Gasteiger partial charge in [-0.15, -0.1) is 11.3 Å². The maximum Gasteiger partial charge on any atom is 0.0774 e. The molecule has 1 atom stereocenters. The molecule has 3 N–H and O–H groups in total. The lowest BCUT2D eigenvalue weighted by Crippen LogP contribution is -2.02. The highest BCUT2D eigenvalue weighted by molar-refractivity contribution is 7.10. The minimum atomic E-state index is 0.0801. The molecule has 2 nitrogen and oxygen atoms in total. The lowest BCUT2D eigenvalue weighted by Gasteiger charge is -1.97. The summed E-state index contributed by atoms with van der Waals surface area (Å²) in [6.45, 7) is 2.06. The summed E-state index contributed by atoms with van der Waals surface area (Å²) in [5.41, 5.74) is 6.71. The minimum Gasteiger partial charge on any atom is -0.391 e. The van der Waals surface area contributed by atoms with Crippen LogP contribution in [0.3, 0.4) is 0 Å². The molecule has 10 heavy (non-hydrogen) atoms. The smallest absolute Gasteiger partial charge is 0.0774 e. The summed E-state index contributed by atoms with van der Waals surface area (Å²) >= 11 is 1.55. The first-order chi connectivity index (χ1) is 4.74. The van der Waals surface area contributed by atoms with Crippen LogP contribution in [0.25, 0.3) is 0 Å². The number of aliphatic hydroxyl groups is 1. The van der Waals surface area contributed by atoms with Crippen molar-refractivity contribution in [2.24, 2.45) is 5.73 Å². The second-order valence-electron chi connectivity index (χ2n) is 2.29. The van der Waals surface area contributed by atoms with Gasteiger partial charge in [-0.05, 0) is 23.9 Å². The first-order valence-electron chi connectivity index (χ1n) is 3.17. The van der Waals surface area contributed by atoms with Crippen molar-refractivity contribution in [2.75, 3.05) is 0 Å².